The molecule has 3 nitrogen and oxygen atoms in total. The molecule has 0 aliphatic rings. The second-order valence-electron chi connectivity index (χ2n) is 3.88. The fourth-order valence-electron chi connectivity index (χ4n) is 1.54. The molecule has 2 rings (SSSR count). The third-order valence-corrected chi connectivity index (χ3v) is 3.27. The van der Waals surface area contributed by atoms with Crippen LogP contribution < -0.4 is 5.32 Å². The molecule has 2 heterocycles. The fraction of sp³-hybridized carbons (Fsp3) is 0.231. The minimum Gasteiger partial charge on any atom is -0.325 e. The van der Waals surface area contributed by atoms with Crippen LogP contribution in [0.4, 0.5) is 5.69 Å². The Kier molecular flexibility index (Phi) is 3.88. The Morgan fingerprint density at radius 2 is 2.35 bits per heavy atom. The van der Waals surface area contributed by atoms with E-state index in [0.717, 1.165) is 17.7 Å². The van der Waals surface area contributed by atoms with Gasteiger partial charge in [0.1, 0.15) is 0 Å². The first-order chi connectivity index (χ1) is 8.24. The largest absolute Gasteiger partial charge is 0.325 e. The summed E-state index contributed by atoms with van der Waals surface area (Å²) >= 11 is 1.68. The molecule has 0 bridgehead atoms. The Morgan fingerprint density at radius 3 is 3.06 bits per heavy atom. The highest BCUT2D eigenvalue weighted by atomic mass is 32.1. The van der Waals surface area contributed by atoms with E-state index >= 15 is 0 Å². The van der Waals surface area contributed by atoms with Crippen molar-refractivity contribution in [2.45, 2.75) is 19.8 Å². The molecule has 0 aromatic carbocycles. The van der Waals surface area contributed by atoms with Gasteiger partial charge in [0.2, 0.25) is 5.91 Å². The summed E-state index contributed by atoms with van der Waals surface area (Å²) in [5.41, 5.74) is 1.81. The molecule has 0 saturated heterocycles. The first-order valence-electron chi connectivity index (χ1n) is 5.48. The number of carbonyl (C=O) groups excluding carboxylic acids is 1. The Morgan fingerprint density at radius 1 is 1.47 bits per heavy atom. The van der Waals surface area contributed by atoms with Crippen LogP contribution in [0.25, 0.3) is 0 Å². The number of hydrogen-bond donors (Lipinski definition) is 1. The van der Waals surface area contributed by atoms with Gasteiger partial charge in [0.15, 0.2) is 0 Å². The molecule has 2 aromatic rings. The lowest BCUT2D eigenvalue weighted by Crippen LogP contribution is -2.12. The van der Waals surface area contributed by atoms with Crippen molar-refractivity contribution in [2.75, 3.05) is 5.32 Å². The number of anilines is 1. The lowest BCUT2D eigenvalue weighted by Gasteiger charge is -2.04. The predicted octanol–water partition coefficient (Wildman–Crippen LogP) is 3.02. The smallest absolute Gasteiger partial charge is 0.224 e. The zero-order chi connectivity index (χ0) is 12.1. The van der Waals surface area contributed by atoms with Gasteiger partial charge in [-0.25, -0.2) is 0 Å². The van der Waals surface area contributed by atoms with Crippen LogP contribution in [-0.4, -0.2) is 10.9 Å². The molecule has 0 aliphatic carbocycles. The average Bonchev–Trinajstić information content (AvgIpc) is 2.79. The third-order valence-electron chi connectivity index (χ3n) is 2.34. The van der Waals surface area contributed by atoms with E-state index in [1.165, 1.54) is 4.88 Å². The number of pyridine rings is 1. The Labute approximate surface area is 105 Å². The number of aryl methyl sites for hydroxylation is 2. The summed E-state index contributed by atoms with van der Waals surface area (Å²) in [6.45, 7) is 1.95. The molecule has 0 spiro atoms. The SMILES string of the molecule is Cc1cncc(NC(=O)CCc2cccs2)c1. The van der Waals surface area contributed by atoms with E-state index in [9.17, 15) is 4.79 Å². The molecule has 0 radical (unpaired) electrons. The van der Waals surface area contributed by atoms with Crippen molar-refractivity contribution >= 4 is 22.9 Å². The monoisotopic (exact) mass is 246 g/mol. The van der Waals surface area contributed by atoms with Crippen molar-refractivity contribution in [2.24, 2.45) is 0 Å². The second-order valence-corrected chi connectivity index (χ2v) is 4.91. The highest BCUT2D eigenvalue weighted by Crippen LogP contribution is 2.12. The molecule has 0 atom stereocenters. The van der Waals surface area contributed by atoms with Gasteiger partial charge in [-0.1, -0.05) is 6.07 Å². The van der Waals surface area contributed by atoms with E-state index in [1.807, 2.05) is 30.5 Å². The molecule has 17 heavy (non-hydrogen) atoms. The van der Waals surface area contributed by atoms with E-state index in [0.29, 0.717) is 6.42 Å². The number of thiophene rings is 1. The van der Waals surface area contributed by atoms with E-state index in [2.05, 4.69) is 10.3 Å². The van der Waals surface area contributed by atoms with Crippen LogP contribution in [0.15, 0.2) is 36.0 Å². The normalized spacial score (nSPS) is 10.2. The van der Waals surface area contributed by atoms with Gasteiger partial charge in [-0.2, -0.15) is 0 Å². The Balaban J connectivity index is 1.85. The molecular formula is C13H14N2OS. The van der Waals surface area contributed by atoms with Crippen molar-refractivity contribution in [3.63, 3.8) is 0 Å². The highest BCUT2D eigenvalue weighted by Gasteiger charge is 2.04. The van der Waals surface area contributed by atoms with Crippen LogP contribution in [0.3, 0.4) is 0 Å². The zero-order valence-corrected chi connectivity index (χ0v) is 10.5. The number of nitrogens with one attached hydrogen (secondary N) is 1. The topological polar surface area (TPSA) is 42.0 Å². The molecule has 4 heteroatoms. The summed E-state index contributed by atoms with van der Waals surface area (Å²) < 4.78 is 0. The van der Waals surface area contributed by atoms with Crippen LogP contribution in [0.2, 0.25) is 0 Å². The summed E-state index contributed by atoms with van der Waals surface area (Å²) in [7, 11) is 0. The maximum absolute atomic E-state index is 11.7. The predicted molar refractivity (Wildman–Crippen MR) is 70.2 cm³/mol. The summed E-state index contributed by atoms with van der Waals surface area (Å²) in [6.07, 6.45) is 4.73. The molecule has 2 aromatic heterocycles. The van der Waals surface area contributed by atoms with E-state index in [4.69, 9.17) is 0 Å². The van der Waals surface area contributed by atoms with Gasteiger partial charge >= 0.3 is 0 Å². The van der Waals surface area contributed by atoms with Crippen molar-refractivity contribution in [1.82, 2.24) is 4.98 Å². The molecule has 1 N–H and O–H groups in total. The molecular weight excluding hydrogens is 232 g/mol. The van der Waals surface area contributed by atoms with E-state index in [1.54, 1.807) is 23.7 Å². The number of amides is 1. The Hall–Kier alpha value is -1.68. The highest BCUT2D eigenvalue weighted by molar-refractivity contribution is 7.09. The minimum absolute atomic E-state index is 0.0331. The minimum atomic E-state index is 0.0331. The van der Waals surface area contributed by atoms with Crippen molar-refractivity contribution in [1.29, 1.82) is 0 Å². The van der Waals surface area contributed by atoms with Gasteiger partial charge in [-0.05, 0) is 36.4 Å². The van der Waals surface area contributed by atoms with Crippen LogP contribution in [0.1, 0.15) is 16.9 Å². The first kappa shape index (κ1) is 11.8. The molecule has 0 unspecified atom stereocenters. The maximum atomic E-state index is 11.7. The summed E-state index contributed by atoms with van der Waals surface area (Å²) in [4.78, 5) is 17.0. The van der Waals surface area contributed by atoms with Gasteiger partial charge < -0.3 is 5.32 Å². The fourth-order valence-corrected chi connectivity index (χ4v) is 2.25. The van der Waals surface area contributed by atoms with Crippen molar-refractivity contribution < 1.29 is 4.79 Å². The van der Waals surface area contributed by atoms with Crippen LogP contribution in [0, 0.1) is 6.92 Å². The van der Waals surface area contributed by atoms with Crippen molar-refractivity contribution in [3.05, 3.63) is 46.4 Å². The number of nitrogens with zero attached hydrogens (tertiary/aromatic N) is 1. The van der Waals surface area contributed by atoms with Gasteiger partial charge in [0.05, 0.1) is 11.9 Å². The third kappa shape index (κ3) is 3.67. The number of rotatable bonds is 4. The lowest BCUT2D eigenvalue weighted by atomic mass is 10.2. The molecule has 0 fully saturated rings. The average molecular weight is 246 g/mol. The van der Waals surface area contributed by atoms with Gasteiger partial charge in [0, 0.05) is 17.5 Å². The van der Waals surface area contributed by atoms with Crippen LogP contribution in [0.5, 0.6) is 0 Å². The standard InChI is InChI=1S/C13H14N2OS/c1-10-7-11(9-14-8-10)15-13(16)5-4-12-3-2-6-17-12/h2-3,6-9H,4-5H2,1H3,(H,15,16). The maximum Gasteiger partial charge on any atom is 0.224 e. The quantitative estimate of drug-likeness (QED) is 0.901. The summed E-state index contributed by atoms with van der Waals surface area (Å²) in [5, 5.41) is 4.87. The molecule has 1 amide bonds. The lowest BCUT2D eigenvalue weighted by molar-refractivity contribution is -0.116. The number of hydrogen-bond acceptors (Lipinski definition) is 3. The van der Waals surface area contributed by atoms with Gasteiger partial charge in [0.25, 0.3) is 0 Å². The van der Waals surface area contributed by atoms with Crippen LogP contribution >= 0.6 is 11.3 Å². The molecule has 0 saturated carbocycles. The van der Waals surface area contributed by atoms with E-state index < -0.39 is 0 Å². The Bertz CT molecular complexity index is 494. The van der Waals surface area contributed by atoms with Crippen molar-refractivity contribution in [3.8, 4) is 0 Å². The second kappa shape index (κ2) is 5.59. The number of aromatic nitrogens is 1. The van der Waals surface area contributed by atoms with Crippen LogP contribution in [-0.2, 0) is 11.2 Å². The summed E-state index contributed by atoms with van der Waals surface area (Å²) in [6, 6.07) is 5.96. The molecule has 0 aliphatic heterocycles. The zero-order valence-electron chi connectivity index (χ0n) is 9.64. The summed E-state index contributed by atoms with van der Waals surface area (Å²) in [5.74, 6) is 0.0331. The molecule has 88 valence electrons. The van der Waals surface area contributed by atoms with Gasteiger partial charge in [-0.15, -0.1) is 11.3 Å². The van der Waals surface area contributed by atoms with E-state index in [-0.39, 0.29) is 5.91 Å². The first-order valence-corrected chi connectivity index (χ1v) is 6.36. The van der Waals surface area contributed by atoms with Gasteiger partial charge in [-0.3, -0.25) is 9.78 Å². The number of carbonyl (C=O) groups is 1.